The number of benzene rings is 3. The number of ether oxygens (including phenoxy) is 2. The average molecular weight is 374 g/mol. The zero-order valence-corrected chi connectivity index (χ0v) is 16.1. The number of hydrogen-bond donors (Lipinski definition) is 1. The van der Waals surface area contributed by atoms with E-state index >= 15 is 0 Å². The van der Waals surface area contributed by atoms with Gasteiger partial charge in [-0.05, 0) is 36.8 Å². The number of carbonyl (C=O) groups is 1. The van der Waals surface area contributed by atoms with E-state index in [4.69, 9.17) is 9.47 Å². The minimum atomic E-state index is -0.317. The topological polar surface area (TPSA) is 50.8 Å². The van der Waals surface area contributed by atoms with E-state index in [0.717, 1.165) is 22.5 Å². The number of carbonyl (C=O) groups excluding carboxylic acids is 1. The molecule has 5 nitrogen and oxygen atoms in total. The van der Waals surface area contributed by atoms with Crippen LogP contribution in [0.3, 0.4) is 0 Å². The standard InChI is InChI=1S/C23H22N2O3/c1-15-8-4-7-11-19(15)25-22(17-9-5-6-10-18(17)23(25)26)24-16-12-13-20(27-2)21(14-16)28-3/h4-14,22,24H,1-3H3/t22-/m1/s1. The van der Waals surface area contributed by atoms with Crippen molar-refractivity contribution in [3.05, 3.63) is 83.4 Å². The highest BCUT2D eigenvalue weighted by Gasteiger charge is 2.38. The molecule has 5 heteroatoms. The lowest BCUT2D eigenvalue weighted by Crippen LogP contribution is -2.32. The molecule has 1 aliphatic heterocycles. The van der Waals surface area contributed by atoms with Gasteiger partial charge < -0.3 is 14.8 Å². The highest BCUT2D eigenvalue weighted by molar-refractivity contribution is 6.11. The molecule has 1 aliphatic rings. The predicted molar refractivity (Wildman–Crippen MR) is 110 cm³/mol. The van der Waals surface area contributed by atoms with Gasteiger partial charge in [-0.15, -0.1) is 0 Å². The summed E-state index contributed by atoms with van der Waals surface area (Å²) in [4.78, 5) is 15.0. The first-order chi connectivity index (χ1) is 13.6. The molecular formula is C23H22N2O3. The predicted octanol–water partition coefficient (Wildman–Crippen LogP) is 4.78. The van der Waals surface area contributed by atoms with Gasteiger partial charge in [0.2, 0.25) is 0 Å². The van der Waals surface area contributed by atoms with Crippen molar-refractivity contribution in [1.29, 1.82) is 0 Å². The van der Waals surface area contributed by atoms with Gasteiger partial charge in [-0.2, -0.15) is 0 Å². The van der Waals surface area contributed by atoms with E-state index in [0.29, 0.717) is 17.1 Å². The van der Waals surface area contributed by atoms with Crippen LogP contribution in [0.1, 0.15) is 27.7 Å². The Morgan fingerprint density at radius 2 is 1.61 bits per heavy atom. The Bertz CT molecular complexity index is 1030. The van der Waals surface area contributed by atoms with Crippen molar-refractivity contribution in [3.8, 4) is 11.5 Å². The summed E-state index contributed by atoms with van der Waals surface area (Å²) in [5.74, 6) is 1.28. The summed E-state index contributed by atoms with van der Waals surface area (Å²) in [6.45, 7) is 2.01. The molecule has 28 heavy (non-hydrogen) atoms. The summed E-state index contributed by atoms with van der Waals surface area (Å²) < 4.78 is 10.7. The lowest BCUT2D eigenvalue weighted by Gasteiger charge is -2.28. The van der Waals surface area contributed by atoms with Crippen LogP contribution in [0.5, 0.6) is 11.5 Å². The van der Waals surface area contributed by atoms with Crippen molar-refractivity contribution in [2.24, 2.45) is 0 Å². The number of rotatable bonds is 5. The van der Waals surface area contributed by atoms with Crippen molar-refractivity contribution in [2.75, 3.05) is 24.4 Å². The minimum Gasteiger partial charge on any atom is -0.493 e. The Hall–Kier alpha value is -3.47. The van der Waals surface area contributed by atoms with Crippen molar-refractivity contribution in [1.82, 2.24) is 0 Å². The van der Waals surface area contributed by atoms with Crippen LogP contribution >= 0.6 is 0 Å². The molecule has 4 rings (SSSR count). The number of nitrogens with one attached hydrogen (secondary N) is 1. The largest absolute Gasteiger partial charge is 0.493 e. The van der Waals surface area contributed by atoms with Crippen molar-refractivity contribution >= 4 is 17.3 Å². The number of fused-ring (bicyclic) bond motifs is 1. The molecule has 1 amide bonds. The van der Waals surface area contributed by atoms with E-state index in [2.05, 4.69) is 5.32 Å². The van der Waals surface area contributed by atoms with E-state index in [1.54, 1.807) is 14.2 Å². The number of para-hydroxylation sites is 1. The third-order valence-electron chi connectivity index (χ3n) is 5.02. The molecule has 0 saturated carbocycles. The number of nitrogens with zero attached hydrogens (tertiary/aromatic N) is 1. The monoisotopic (exact) mass is 374 g/mol. The second kappa shape index (κ2) is 7.27. The molecule has 1 atom stereocenters. The smallest absolute Gasteiger partial charge is 0.260 e. The molecule has 0 aliphatic carbocycles. The van der Waals surface area contributed by atoms with E-state index < -0.39 is 0 Å². The van der Waals surface area contributed by atoms with Crippen molar-refractivity contribution < 1.29 is 14.3 Å². The first kappa shape index (κ1) is 17.9. The molecule has 1 heterocycles. The second-order valence-corrected chi connectivity index (χ2v) is 6.67. The van der Waals surface area contributed by atoms with E-state index in [-0.39, 0.29) is 12.1 Å². The molecule has 1 N–H and O–H groups in total. The third kappa shape index (κ3) is 2.95. The fraction of sp³-hybridized carbons (Fsp3) is 0.174. The molecular weight excluding hydrogens is 352 g/mol. The molecule has 3 aromatic carbocycles. The number of anilines is 2. The Kier molecular flexibility index (Phi) is 4.65. The lowest BCUT2D eigenvalue weighted by molar-refractivity contribution is 0.0993. The summed E-state index contributed by atoms with van der Waals surface area (Å²) >= 11 is 0. The molecule has 0 saturated heterocycles. The van der Waals surface area contributed by atoms with Gasteiger partial charge in [0, 0.05) is 28.6 Å². The van der Waals surface area contributed by atoms with Gasteiger partial charge >= 0.3 is 0 Å². The number of hydrogen-bond acceptors (Lipinski definition) is 4. The van der Waals surface area contributed by atoms with Crippen LogP contribution in [0.25, 0.3) is 0 Å². The first-order valence-corrected chi connectivity index (χ1v) is 9.10. The van der Waals surface area contributed by atoms with Crippen molar-refractivity contribution in [3.63, 3.8) is 0 Å². The van der Waals surface area contributed by atoms with Crippen LogP contribution < -0.4 is 19.7 Å². The van der Waals surface area contributed by atoms with Crippen LogP contribution in [0.4, 0.5) is 11.4 Å². The van der Waals surface area contributed by atoms with Gasteiger partial charge in [-0.3, -0.25) is 9.69 Å². The number of aryl methyl sites for hydroxylation is 1. The second-order valence-electron chi connectivity index (χ2n) is 6.67. The van der Waals surface area contributed by atoms with Crippen LogP contribution in [0, 0.1) is 6.92 Å². The minimum absolute atomic E-state index is 0.0112. The average Bonchev–Trinajstić information content (AvgIpc) is 3.00. The van der Waals surface area contributed by atoms with E-state index in [1.807, 2.05) is 78.6 Å². The number of amides is 1. The van der Waals surface area contributed by atoms with Crippen LogP contribution in [-0.2, 0) is 0 Å². The Morgan fingerprint density at radius 1 is 0.893 bits per heavy atom. The van der Waals surface area contributed by atoms with Gasteiger partial charge in [0.25, 0.3) is 5.91 Å². The van der Waals surface area contributed by atoms with Gasteiger partial charge in [-0.1, -0.05) is 36.4 Å². The molecule has 0 fully saturated rings. The summed E-state index contributed by atoms with van der Waals surface area (Å²) in [6, 6.07) is 21.3. The summed E-state index contributed by atoms with van der Waals surface area (Å²) in [6.07, 6.45) is -0.317. The van der Waals surface area contributed by atoms with Crippen LogP contribution in [0.15, 0.2) is 66.7 Å². The third-order valence-corrected chi connectivity index (χ3v) is 5.02. The summed E-state index contributed by atoms with van der Waals surface area (Å²) in [7, 11) is 3.21. The number of methoxy groups -OCH3 is 2. The first-order valence-electron chi connectivity index (χ1n) is 9.10. The van der Waals surface area contributed by atoms with Crippen molar-refractivity contribution in [2.45, 2.75) is 13.1 Å². The van der Waals surface area contributed by atoms with Crippen LogP contribution in [0.2, 0.25) is 0 Å². The quantitative estimate of drug-likeness (QED) is 0.698. The Labute approximate surface area is 164 Å². The molecule has 0 unspecified atom stereocenters. The maximum atomic E-state index is 13.2. The van der Waals surface area contributed by atoms with Gasteiger partial charge in [-0.25, -0.2) is 0 Å². The molecule has 0 aromatic heterocycles. The lowest BCUT2D eigenvalue weighted by atomic mass is 10.1. The fourth-order valence-electron chi connectivity index (χ4n) is 3.62. The molecule has 0 bridgehead atoms. The molecule has 0 spiro atoms. The fourth-order valence-corrected chi connectivity index (χ4v) is 3.62. The maximum absolute atomic E-state index is 13.2. The maximum Gasteiger partial charge on any atom is 0.260 e. The Morgan fingerprint density at radius 3 is 2.36 bits per heavy atom. The zero-order valence-electron chi connectivity index (χ0n) is 16.1. The van der Waals surface area contributed by atoms with E-state index in [9.17, 15) is 4.79 Å². The zero-order chi connectivity index (χ0) is 19.7. The molecule has 142 valence electrons. The Balaban J connectivity index is 1.78. The van der Waals surface area contributed by atoms with Gasteiger partial charge in [0.05, 0.1) is 14.2 Å². The summed E-state index contributed by atoms with van der Waals surface area (Å²) in [5, 5.41) is 3.50. The van der Waals surface area contributed by atoms with Gasteiger partial charge in [0.15, 0.2) is 11.5 Å². The highest BCUT2D eigenvalue weighted by atomic mass is 16.5. The highest BCUT2D eigenvalue weighted by Crippen LogP contribution is 2.40. The summed E-state index contributed by atoms with van der Waals surface area (Å²) in [5.41, 5.74) is 4.43. The van der Waals surface area contributed by atoms with Crippen LogP contribution in [-0.4, -0.2) is 20.1 Å². The molecule has 3 aromatic rings. The van der Waals surface area contributed by atoms with Gasteiger partial charge in [0.1, 0.15) is 6.17 Å². The SMILES string of the molecule is COc1ccc(N[C@H]2c3ccccc3C(=O)N2c2ccccc2C)cc1OC. The molecule has 0 radical (unpaired) electrons. The normalized spacial score (nSPS) is 15.3. The van der Waals surface area contributed by atoms with E-state index in [1.165, 1.54) is 0 Å².